The molecule has 0 atom stereocenters. The van der Waals surface area contributed by atoms with Gasteiger partial charge in [-0.05, 0) is 24.6 Å². The number of nitrogens with zero attached hydrogens (tertiary/aromatic N) is 1. The van der Waals surface area contributed by atoms with Gasteiger partial charge in [-0.1, -0.05) is 29.8 Å². The Morgan fingerprint density at radius 1 is 1.00 bits per heavy atom. The molecule has 2 aromatic heterocycles. The Morgan fingerprint density at radius 3 is 2.39 bits per heavy atom. The van der Waals surface area contributed by atoms with Crippen molar-refractivity contribution >= 4 is 27.8 Å². The summed E-state index contributed by atoms with van der Waals surface area (Å²) in [5.41, 5.74) is 9.17. The summed E-state index contributed by atoms with van der Waals surface area (Å²) in [5, 5.41) is 2.62. The molecule has 3 rings (SSSR count). The van der Waals surface area contributed by atoms with Crippen LogP contribution >= 0.6 is 22.7 Å². The SMILES string of the molecule is Cc1ccc(-c2ccc(-c3csc(N)n3)s2)cc1. The standard InChI is InChI=1S/C14H12N2S2/c1-9-2-4-10(5-3-9)12-6-7-13(18-12)11-8-17-14(15)16-11/h2-8H,1H3,(H2,15,16). The van der Waals surface area contributed by atoms with E-state index in [0.29, 0.717) is 5.13 Å². The van der Waals surface area contributed by atoms with Crippen LogP contribution in [0, 0.1) is 6.92 Å². The number of aromatic nitrogens is 1. The van der Waals surface area contributed by atoms with Gasteiger partial charge in [0.05, 0.1) is 10.6 Å². The molecule has 0 radical (unpaired) electrons. The summed E-state index contributed by atoms with van der Waals surface area (Å²) in [5.74, 6) is 0. The molecule has 1 aromatic carbocycles. The molecular weight excluding hydrogens is 260 g/mol. The average Bonchev–Trinajstić information content (AvgIpc) is 2.98. The van der Waals surface area contributed by atoms with E-state index in [0.717, 1.165) is 5.69 Å². The van der Waals surface area contributed by atoms with Crippen molar-refractivity contribution in [2.24, 2.45) is 0 Å². The summed E-state index contributed by atoms with van der Waals surface area (Å²) in [4.78, 5) is 6.73. The Morgan fingerprint density at radius 2 is 1.72 bits per heavy atom. The molecule has 0 saturated heterocycles. The smallest absolute Gasteiger partial charge is 0.180 e. The lowest BCUT2D eigenvalue weighted by molar-refractivity contribution is 1.43. The molecule has 0 aliphatic rings. The first-order chi connectivity index (χ1) is 8.72. The molecule has 2 nitrogen and oxygen atoms in total. The van der Waals surface area contributed by atoms with Crippen molar-refractivity contribution < 1.29 is 0 Å². The molecule has 0 aliphatic heterocycles. The van der Waals surface area contributed by atoms with E-state index in [1.807, 2.05) is 5.38 Å². The van der Waals surface area contributed by atoms with Gasteiger partial charge < -0.3 is 5.73 Å². The van der Waals surface area contributed by atoms with Gasteiger partial charge in [0.1, 0.15) is 0 Å². The maximum Gasteiger partial charge on any atom is 0.180 e. The van der Waals surface area contributed by atoms with Crippen LogP contribution in [-0.2, 0) is 0 Å². The van der Waals surface area contributed by atoms with E-state index in [2.05, 4.69) is 48.3 Å². The van der Waals surface area contributed by atoms with Crippen LogP contribution in [-0.4, -0.2) is 4.98 Å². The number of nitrogens with two attached hydrogens (primary N) is 1. The third-order valence-corrected chi connectivity index (χ3v) is 4.55. The van der Waals surface area contributed by atoms with Gasteiger partial charge in [-0.3, -0.25) is 0 Å². The number of hydrogen-bond acceptors (Lipinski definition) is 4. The summed E-state index contributed by atoms with van der Waals surface area (Å²) in [6.45, 7) is 2.10. The molecule has 2 N–H and O–H groups in total. The monoisotopic (exact) mass is 272 g/mol. The van der Waals surface area contributed by atoms with Gasteiger partial charge in [-0.25, -0.2) is 4.98 Å². The molecule has 3 aromatic rings. The largest absolute Gasteiger partial charge is 0.375 e. The highest BCUT2D eigenvalue weighted by molar-refractivity contribution is 7.19. The van der Waals surface area contributed by atoms with Crippen LogP contribution in [0.2, 0.25) is 0 Å². The molecule has 0 amide bonds. The highest BCUT2D eigenvalue weighted by atomic mass is 32.1. The third-order valence-electron chi connectivity index (χ3n) is 2.72. The van der Waals surface area contributed by atoms with Gasteiger partial charge >= 0.3 is 0 Å². The van der Waals surface area contributed by atoms with Gasteiger partial charge in [0.2, 0.25) is 0 Å². The number of nitrogen functional groups attached to an aromatic ring is 1. The minimum Gasteiger partial charge on any atom is -0.375 e. The Bertz CT molecular complexity index is 665. The van der Waals surface area contributed by atoms with Crippen molar-refractivity contribution in [1.29, 1.82) is 0 Å². The lowest BCUT2D eigenvalue weighted by Crippen LogP contribution is -1.80. The predicted octanol–water partition coefficient (Wildman–Crippen LogP) is 4.43. The predicted molar refractivity (Wildman–Crippen MR) is 80.0 cm³/mol. The van der Waals surface area contributed by atoms with Crippen molar-refractivity contribution in [3.8, 4) is 21.0 Å². The van der Waals surface area contributed by atoms with Crippen LogP contribution in [0.15, 0.2) is 41.8 Å². The molecule has 4 heteroatoms. The van der Waals surface area contributed by atoms with Gasteiger partial charge in [0.25, 0.3) is 0 Å². The fourth-order valence-corrected chi connectivity index (χ4v) is 3.36. The zero-order chi connectivity index (χ0) is 12.5. The maximum absolute atomic E-state index is 5.66. The second kappa shape index (κ2) is 4.55. The number of aryl methyl sites for hydroxylation is 1. The fourth-order valence-electron chi connectivity index (χ4n) is 1.75. The van der Waals surface area contributed by atoms with Crippen molar-refractivity contribution in [2.45, 2.75) is 6.92 Å². The quantitative estimate of drug-likeness (QED) is 0.749. The van der Waals surface area contributed by atoms with Crippen LogP contribution in [0.5, 0.6) is 0 Å². The van der Waals surface area contributed by atoms with E-state index in [9.17, 15) is 0 Å². The van der Waals surface area contributed by atoms with Crippen LogP contribution in [0.1, 0.15) is 5.56 Å². The molecule has 0 bridgehead atoms. The number of anilines is 1. The highest BCUT2D eigenvalue weighted by Crippen LogP contribution is 2.35. The highest BCUT2D eigenvalue weighted by Gasteiger charge is 2.07. The van der Waals surface area contributed by atoms with E-state index in [1.54, 1.807) is 11.3 Å². The van der Waals surface area contributed by atoms with Gasteiger partial charge in [-0.2, -0.15) is 0 Å². The van der Waals surface area contributed by atoms with Crippen LogP contribution in [0.4, 0.5) is 5.13 Å². The Hall–Kier alpha value is -1.65. The molecule has 2 heterocycles. The van der Waals surface area contributed by atoms with E-state index >= 15 is 0 Å². The Kier molecular flexibility index (Phi) is 2.89. The first-order valence-corrected chi connectivity index (χ1v) is 7.30. The molecule has 0 aliphatic carbocycles. The molecular formula is C14H12N2S2. The van der Waals surface area contributed by atoms with Gasteiger partial charge in [-0.15, -0.1) is 22.7 Å². The topological polar surface area (TPSA) is 38.9 Å². The molecule has 0 fully saturated rings. The third kappa shape index (κ3) is 2.17. The van der Waals surface area contributed by atoms with E-state index in [1.165, 1.54) is 32.2 Å². The van der Waals surface area contributed by atoms with Crippen LogP contribution in [0.25, 0.3) is 21.0 Å². The van der Waals surface area contributed by atoms with E-state index < -0.39 is 0 Å². The Labute approximate surface area is 114 Å². The van der Waals surface area contributed by atoms with Crippen molar-refractivity contribution in [2.75, 3.05) is 5.73 Å². The lowest BCUT2D eigenvalue weighted by Gasteiger charge is -1.97. The second-order valence-electron chi connectivity index (χ2n) is 4.10. The maximum atomic E-state index is 5.66. The fraction of sp³-hybridized carbons (Fsp3) is 0.0714. The molecule has 0 saturated carbocycles. The number of thiazole rings is 1. The minimum absolute atomic E-state index is 0.621. The van der Waals surface area contributed by atoms with Gasteiger partial charge in [0, 0.05) is 10.3 Å². The number of rotatable bonds is 2. The first-order valence-electron chi connectivity index (χ1n) is 5.60. The number of thiophene rings is 1. The summed E-state index contributed by atoms with van der Waals surface area (Å²) in [7, 11) is 0. The van der Waals surface area contributed by atoms with Crippen molar-refractivity contribution in [3.63, 3.8) is 0 Å². The molecule has 90 valence electrons. The van der Waals surface area contributed by atoms with Crippen LogP contribution < -0.4 is 5.73 Å². The lowest BCUT2D eigenvalue weighted by atomic mass is 10.1. The molecule has 0 unspecified atom stereocenters. The number of hydrogen-bond donors (Lipinski definition) is 1. The second-order valence-corrected chi connectivity index (χ2v) is 6.07. The Balaban J connectivity index is 1.96. The minimum atomic E-state index is 0.621. The zero-order valence-electron chi connectivity index (χ0n) is 9.88. The van der Waals surface area contributed by atoms with E-state index in [4.69, 9.17) is 5.73 Å². The normalized spacial score (nSPS) is 10.7. The van der Waals surface area contributed by atoms with Gasteiger partial charge in [0.15, 0.2) is 5.13 Å². The number of benzene rings is 1. The first kappa shape index (κ1) is 11.4. The summed E-state index contributed by atoms with van der Waals surface area (Å²) in [6.07, 6.45) is 0. The summed E-state index contributed by atoms with van der Waals surface area (Å²) >= 11 is 3.23. The van der Waals surface area contributed by atoms with E-state index in [-0.39, 0.29) is 0 Å². The van der Waals surface area contributed by atoms with Crippen molar-refractivity contribution in [1.82, 2.24) is 4.98 Å². The van der Waals surface area contributed by atoms with Crippen molar-refractivity contribution in [3.05, 3.63) is 47.3 Å². The van der Waals surface area contributed by atoms with Crippen LogP contribution in [0.3, 0.4) is 0 Å². The average molecular weight is 272 g/mol. The summed E-state index contributed by atoms with van der Waals surface area (Å²) < 4.78 is 0. The zero-order valence-corrected chi connectivity index (χ0v) is 11.5. The molecule has 18 heavy (non-hydrogen) atoms. The summed E-state index contributed by atoms with van der Waals surface area (Å²) in [6, 6.07) is 12.8. The molecule has 0 spiro atoms.